The van der Waals surface area contributed by atoms with E-state index in [1.165, 1.54) is 0 Å². The number of thioether (sulfide) groups is 1. The number of carbonyl (C=O) groups is 4. The lowest BCUT2D eigenvalue weighted by molar-refractivity contribution is -0.141. The number of nitrogens with two attached hydrogens (primary N) is 1. The van der Waals surface area contributed by atoms with Crippen LogP contribution in [-0.4, -0.2) is 58.3 Å². The average Bonchev–Trinajstić information content (AvgIpc) is 2.39. The fraction of sp³-hybridized carbons (Fsp3) is 0.600. The number of amides is 1. The van der Waals surface area contributed by atoms with Gasteiger partial charge in [0, 0.05) is 12.2 Å². The first kappa shape index (κ1) is 18.2. The predicted molar refractivity (Wildman–Crippen MR) is 69.3 cm³/mol. The van der Waals surface area contributed by atoms with Crippen molar-refractivity contribution in [2.45, 2.75) is 24.9 Å². The van der Waals surface area contributed by atoms with Gasteiger partial charge in [0.25, 0.3) is 0 Å². The maximum Gasteiger partial charge on any atom is 0.367 e. The van der Waals surface area contributed by atoms with Crippen molar-refractivity contribution in [3.8, 4) is 0 Å². The Kier molecular flexibility index (Phi) is 8.32. The summed E-state index contributed by atoms with van der Waals surface area (Å²) in [5.74, 6) is -3.40. The van der Waals surface area contributed by atoms with Gasteiger partial charge in [-0.2, -0.15) is 0 Å². The number of ether oxygens (including phenoxy) is 1. The Hall–Kier alpha value is -1.81. The number of rotatable bonds is 8. The van der Waals surface area contributed by atoms with E-state index in [9.17, 15) is 19.2 Å². The van der Waals surface area contributed by atoms with Crippen LogP contribution < -0.4 is 11.1 Å². The summed E-state index contributed by atoms with van der Waals surface area (Å²) >= 11 is 0.609. The normalized spacial score (nSPS) is 13.1. The summed E-state index contributed by atoms with van der Waals surface area (Å²) in [6, 6.07) is -2.46. The Morgan fingerprint density at radius 2 is 1.85 bits per heavy atom. The van der Waals surface area contributed by atoms with Crippen molar-refractivity contribution in [3.63, 3.8) is 0 Å². The molecule has 10 heteroatoms. The maximum absolute atomic E-state index is 11.5. The lowest BCUT2D eigenvalue weighted by Crippen LogP contribution is -2.43. The highest BCUT2D eigenvalue weighted by Crippen LogP contribution is 2.07. The van der Waals surface area contributed by atoms with E-state index in [0.717, 1.165) is 7.11 Å². The molecule has 0 fully saturated rings. The predicted octanol–water partition coefficient (Wildman–Crippen LogP) is -0.752. The van der Waals surface area contributed by atoms with Crippen LogP contribution in [0.5, 0.6) is 0 Å². The fourth-order valence-electron chi connectivity index (χ4n) is 1.06. The molecule has 0 aromatic heterocycles. The Bertz CT molecular complexity index is 388. The fourth-order valence-corrected chi connectivity index (χ4v) is 1.71. The van der Waals surface area contributed by atoms with Crippen molar-refractivity contribution in [1.82, 2.24) is 5.32 Å². The van der Waals surface area contributed by atoms with Crippen LogP contribution in [-0.2, 0) is 19.1 Å². The molecule has 2 atom stereocenters. The third-order valence-electron chi connectivity index (χ3n) is 2.17. The van der Waals surface area contributed by atoms with Crippen LogP contribution in [0.15, 0.2) is 0 Å². The Morgan fingerprint density at radius 3 is 2.30 bits per heavy atom. The first-order valence-corrected chi connectivity index (χ1v) is 6.47. The minimum atomic E-state index is -1.31. The molecule has 20 heavy (non-hydrogen) atoms. The van der Waals surface area contributed by atoms with Crippen LogP contribution in [0.4, 0.5) is 4.79 Å². The van der Waals surface area contributed by atoms with Crippen molar-refractivity contribution in [2.75, 3.05) is 12.9 Å². The second-order valence-corrected chi connectivity index (χ2v) is 4.66. The topological polar surface area (TPSA) is 156 Å². The number of hydrogen-bond acceptors (Lipinski definition) is 7. The van der Waals surface area contributed by atoms with Gasteiger partial charge in [0.2, 0.25) is 5.91 Å². The molecular formula is C10H16N2O7S. The van der Waals surface area contributed by atoms with E-state index in [1.54, 1.807) is 0 Å². The van der Waals surface area contributed by atoms with Crippen LogP contribution in [0.1, 0.15) is 12.8 Å². The van der Waals surface area contributed by atoms with Gasteiger partial charge in [-0.1, -0.05) is 0 Å². The molecule has 0 spiro atoms. The zero-order valence-electron chi connectivity index (χ0n) is 10.7. The lowest BCUT2D eigenvalue weighted by atomic mass is 10.1. The largest absolute Gasteiger partial charge is 0.480 e. The first-order valence-electron chi connectivity index (χ1n) is 5.49. The number of hydrogen-bond donors (Lipinski definition) is 4. The summed E-state index contributed by atoms with van der Waals surface area (Å²) in [6.07, 6.45) is -0.336. The SMILES string of the molecule is COC(=O)SC[C@H](NC(=O)CC[C@H](N)C(=O)O)C(=O)O. The van der Waals surface area contributed by atoms with Gasteiger partial charge in [-0.05, 0) is 18.2 Å². The van der Waals surface area contributed by atoms with Gasteiger partial charge in [0.15, 0.2) is 0 Å². The number of carboxylic acid groups (broad SMARTS) is 2. The van der Waals surface area contributed by atoms with E-state index < -0.39 is 35.2 Å². The molecular weight excluding hydrogens is 292 g/mol. The quantitative estimate of drug-likeness (QED) is 0.423. The summed E-state index contributed by atoms with van der Waals surface area (Å²) in [5.41, 5.74) is 5.21. The van der Waals surface area contributed by atoms with Gasteiger partial charge in [-0.3, -0.25) is 9.59 Å². The molecule has 5 N–H and O–H groups in total. The summed E-state index contributed by atoms with van der Waals surface area (Å²) < 4.78 is 4.33. The molecule has 0 saturated carbocycles. The smallest absolute Gasteiger partial charge is 0.367 e. The van der Waals surface area contributed by atoms with Crippen molar-refractivity contribution >= 4 is 34.9 Å². The molecule has 1 amide bonds. The molecule has 0 rings (SSSR count). The van der Waals surface area contributed by atoms with Crippen molar-refractivity contribution in [2.24, 2.45) is 5.73 Å². The first-order chi connectivity index (χ1) is 9.27. The van der Waals surface area contributed by atoms with Gasteiger partial charge in [0.05, 0.1) is 7.11 Å². The van der Waals surface area contributed by atoms with Gasteiger partial charge < -0.3 is 26.0 Å². The van der Waals surface area contributed by atoms with Crippen molar-refractivity contribution in [3.05, 3.63) is 0 Å². The van der Waals surface area contributed by atoms with Crippen LogP contribution >= 0.6 is 11.8 Å². The molecule has 0 aliphatic rings. The average molecular weight is 308 g/mol. The second kappa shape index (κ2) is 9.15. The Labute approximate surface area is 118 Å². The Balaban J connectivity index is 4.24. The molecule has 0 aromatic rings. The van der Waals surface area contributed by atoms with Crippen LogP contribution in [0.2, 0.25) is 0 Å². The lowest BCUT2D eigenvalue weighted by Gasteiger charge is -2.14. The molecule has 0 aliphatic heterocycles. The number of nitrogens with one attached hydrogen (secondary N) is 1. The highest BCUT2D eigenvalue weighted by Gasteiger charge is 2.22. The molecule has 0 saturated heterocycles. The number of methoxy groups -OCH3 is 1. The van der Waals surface area contributed by atoms with E-state index in [4.69, 9.17) is 15.9 Å². The van der Waals surface area contributed by atoms with Crippen LogP contribution in [0, 0.1) is 0 Å². The van der Waals surface area contributed by atoms with E-state index in [1.807, 2.05) is 0 Å². The molecule has 0 aromatic carbocycles. The van der Waals surface area contributed by atoms with E-state index in [-0.39, 0.29) is 18.6 Å². The number of aliphatic carboxylic acids is 2. The van der Waals surface area contributed by atoms with E-state index in [0.29, 0.717) is 11.8 Å². The maximum atomic E-state index is 11.5. The van der Waals surface area contributed by atoms with Gasteiger partial charge >= 0.3 is 17.2 Å². The molecule has 9 nitrogen and oxygen atoms in total. The molecule has 114 valence electrons. The molecule has 0 aliphatic carbocycles. The zero-order chi connectivity index (χ0) is 15.7. The standard InChI is InChI=1S/C10H16N2O7S/c1-19-10(18)20-4-6(9(16)17)12-7(13)3-2-5(11)8(14)15/h5-6H,2-4,11H2,1H3,(H,12,13)(H,14,15)(H,16,17)/t5-,6-/m0/s1. The van der Waals surface area contributed by atoms with Crippen LogP contribution in [0.25, 0.3) is 0 Å². The summed E-state index contributed by atoms with van der Waals surface area (Å²) in [4.78, 5) is 43.6. The highest BCUT2D eigenvalue weighted by molar-refractivity contribution is 8.13. The van der Waals surface area contributed by atoms with Gasteiger partial charge in [-0.25, -0.2) is 9.59 Å². The van der Waals surface area contributed by atoms with E-state index in [2.05, 4.69) is 10.1 Å². The molecule has 0 heterocycles. The highest BCUT2D eigenvalue weighted by atomic mass is 32.2. The van der Waals surface area contributed by atoms with Crippen molar-refractivity contribution < 1.29 is 34.1 Å². The van der Waals surface area contributed by atoms with E-state index >= 15 is 0 Å². The molecule has 0 radical (unpaired) electrons. The van der Waals surface area contributed by atoms with Crippen molar-refractivity contribution in [1.29, 1.82) is 0 Å². The third kappa shape index (κ3) is 7.59. The number of carbonyl (C=O) groups excluding carboxylic acids is 2. The third-order valence-corrected chi connectivity index (χ3v) is 3.07. The summed E-state index contributed by atoms with van der Waals surface area (Å²) in [6.45, 7) is 0. The minimum Gasteiger partial charge on any atom is -0.480 e. The van der Waals surface area contributed by atoms with Crippen LogP contribution in [0.3, 0.4) is 0 Å². The second-order valence-electron chi connectivity index (χ2n) is 3.71. The monoisotopic (exact) mass is 308 g/mol. The summed E-state index contributed by atoms with van der Waals surface area (Å²) in [5, 5.41) is 18.9. The number of carboxylic acids is 2. The Morgan fingerprint density at radius 1 is 1.25 bits per heavy atom. The summed E-state index contributed by atoms with van der Waals surface area (Å²) in [7, 11) is 1.15. The van der Waals surface area contributed by atoms with Gasteiger partial charge in [0.1, 0.15) is 12.1 Å². The molecule has 0 bridgehead atoms. The minimum absolute atomic E-state index is 0.113. The van der Waals surface area contributed by atoms with Gasteiger partial charge in [-0.15, -0.1) is 0 Å². The molecule has 0 unspecified atom stereocenters. The zero-order valence-corrected chi connectivity index (χ0v) is 11.5.